The SMILES string of the molecule is CCn1c(SCc2ccc(Br)cc2)nnc1C(C)Oc1cc(C)c(Cl)c(C)c1. The summed E-state index contributed by atoms with van der Waals surface area (Å²) in [5, 5.41) is 10.5. The molecule has 0 bridgehead atoms. The molecular weight excluding hydrogens is 458 g/mol. The van der Waals surface area contributed by atoms with E-state index in [1.54, 1.807) is 11.8 Å². The molecule has 1 unspecified atom stereocenters. The van der Waals surface area contributed by atoms with Crippen LogP contribution in [-0.4, -0.2) is 14.8 Å². The van der Waals surface area contributed by atoms with Crippen molar-refractivity contribution in [2.24, 2.45) is 0 Å². The smallest absolute Gasteiger partial charge is 0.191 e. The van der Waals surface area contributed by atoms with Gasteiger partial charge in [-0.3, -0.25) is 0 Å². The molecule has 1 aromatic heterocycles. The third-order valence-corrected chi connectivity index (χ3v) is 6.59. The van der Waals surface area contributed by atoms with Crippen LogP contribution in [-0.2, 0) is 12.3 Å². The second-order valence-electron chi connectivity index (χ2n) is 6.63. The van der Waals surface area contributed by atoms with Gasteiger partial charge in [0.1, 0.15) is 5.75 Å². The first-order chi connectivity index (χ1) is 13.4. The van der Waals surface area contributed by atoms with Crippen LogP contribution in [0.15, 0.2) is 46.0 Å². The van der Waals surface area contributed by atoms with Gasteiger partial charge in [-0.15, -0.1) is 10.2 Å². The van der Waals surface area contributed by atoms with E-state index in [0.717, 1.165) is 49.7 Å². The van der Waals surface area contributed by atoms with Crippen molar-refractivity contribution in [2.75, 3.05) is 0 Å². The zero-order valence-electron chi connectivity index (χ0n) is 16.4. The van der Waals surface area contributed by atoms with Crippen LogP contribution in [0.4, 0.5) is 0 Å². The summed E-state index contributed by atoms with van der Waals surface area (Å²) < 4.78 is 9.35. The molecule has 0 aliphatic heterocycles. The van der Waals surface area contributed by atoms with E-state index in [9.17, 15) is 0 Å². The summed E-state index contributed by atoms with van der Waals surface area (Å²) in [6.07, 6.45) is -0.213. The summed E-state index contributed by atoms with van der Waals surface area (Å²) in [4.78, 5) is 0. The molecule has 4 nitrogen and oxygen atoms in total. The first-order valence-corrected chi connectivity index (χ1v) is 11.3. The summed E-state index contributed by atoms with van der Waals surface area (Å²) in [5.41, 5.74) is 3.26. The monoisotopic (exact) mass is 479 g/mol. The average Bonchev–Trinajstić information content (AvgIpc) is 3.08. The van der Waals surface area contributed by atoms with Crippen LogP contribution in [0.2, 0.25) is 5.02 Å². The van der Waals surface area contributed by atoms with Gasteiger partial charge in [0.05, 0.1) is 0 Å². The summed E-state index contributed by atoms with van der Waals surface area (Å²) in [6.45, 7) is 8.85. The normalized spacial score (nSPS) is 12.2. The lowest BCUT2D eigenvalue weighted by Gasteiger charge is -2.17. The highest BCUT2D eigenvalue weighted by Crippen LogP contribution is 2.30. The van der Waals surface area contributed by atoms with Gasteiger partial charge in [0.15, 0.2) is 17.1 Å². The zero-order chi connectivity index (χ0) is 20.3. The Balaban J connectivity index is 1.74. The predicted octanol–water partition coefficient (Wildman–Crippen LogP) is 6.76. The van der Waals surface area contributed by atoms with Crippen LogP contribution in [0.1, 0.15) is 42.5 Å². The summed E-state index contributed by atoms with van der Waals surface area (Å²) in [6, 6.07) is 12.3. The molecule has 0 amide bonds. The molecule has 0 saturated carbocycles. The Morgan fingerprint density at radius 2 is 1.79 bits per heavy atom. The number of aromatic nitrogens is 3. The second-order valence-corrected chi connectivity index (χ2v) is 8.87. The maximum absolute atomic E-state index is 6.26. The number of nitrogens with zero attached hydrogens (tertiary/aromatic N) is 3. The van der Waals surface area contributed by atoms with Gasteiger partial charge in [-0.1, -0.05) is 51.4 Å². The molecule has 0 N–H and O–H groups in total. The van der Waals surface area contributed by atoms with Gasteiger partial charge in [0.25, 0.3) is 0 Å². The number of hydrogen-bond acceptors (Lipinski definition) is 4. The number of hydrogen-bond donors (Lipinski definition) is 0. The number of rotatable bonds is 7. The number of ether oxygens (including phenoxy) is 1. The van der Waals surface area contributed by atoms with Crippen LogP contribution in [0.5, 0.6) is 5.75 Å². The highest BCUT2D eigenvalue weighted by molar-refractivity contribution is 9.10. The molecule has 0 spiro atoms. The van der Waals surface area contributed by atoms with Crippen molar-refractivity contribution in [3.8, 4) is 5.75 Å². The molecule has 1 atom stereocenters. The standard InChI is InChI=1S/C21H23BrClN3OS/c1-5-26-20(15(4)27-18-10-13(2)19(23)14(3)11-18)24-25-21(26)28-12-16-6-8-17(22)9-7-16/h6-11,15H,5,12H2,1-4H3. The minimum atomic E-state index is -0.213. The maximum Gasteiger partial charge on any atom is 0.191 e. The van der Waals surface area contributed by atoms with Gasteiger partial charge >= 0.3 is 0 Å². The Kier molecular flexibility index (Phi) is 7.07. The topological polar surface area (TPSA) is 39.9 Å². The van der Waals surface area contributed by atoms with E-state index in [1.807, 2.05) is 32.9 Å². The number of halogens is 2. The fourth-order valence-electron chi connectivity index (χ4n) is 2.96. The molecule has 0 radical (unpaired) electrons. The largest absolute Gasteiger partial charge is 0.483 e. The lowest BCUT2D eigenvalue weighted by atomic mass is 10.1. The summed E-state index contributed by atoms with van der Waals surface area (Å²) >= 11 is 11.4. The van der Waals surface area contributed by atoms with Crippen molar-refractivity contribution in [1.29, 1.82) is 0 Å². The van der Waals surface area contributed by atoms with Gasteiger partial charge in [0, 0.05) is 21.8 Å². The van der Waals surface area contributed by atoms with Crippen LogP contribution in [0, 0.1) is 13.8 Å². The molecule has 0 aliphatic rings. The molecule has 148 valence electrons. The van der Waals surface area contributed by atoms with Gasteiger partial charge in [-0.2, -0.15) is 0 Å². The molecule has 0 saturated heterocycles. The Hall–Kier alpha value is -1.50. The first-order valence-electron chi connectivity index (χ1n) is 9.12. The van der Waals surface area contributed by atoms with Crippen LogP contribution >= 0.6 is 39.3 Å². The van der Waals surface area contributed by atoms with E-state index < -0.39 is 0 Å². The van der Waals surface area contributed by atoms with Gasteiger partial charge in [-0.05, 0) is 68.7 Å². The minimum absolute atomic E-state index is 0.213. The number of benzene rings is 2. The predicted molar refractivity (Wildman–Crippen MR) is 119 cm³/mol. The molecule has 7 heteroatoms. The highest BCUT2D eigenvalue weighted by Gasteiger charge is 2.19. The quantitative estimate of drug-likeness (QED) is 0.350. The zero-order valence-corrected chi connectivity index (χ0v) is 19.5. The van der Waals surface area contributed by atoms with Gasteiger partial charge in [-0.25, -0.2) is 0 Å². The lowest BCUT2D eigenvalue weighted by Crippen LogP contribution is -2.12. The third kappa shape index (κ3) is 4.91. The molecule has 3 aromatic rings. The summed E-state index contributed by atoms with van der Waals surface area (Å²) in [7, 11) is 0. The van der Waals surface area contributed by atoms with Crippen LogP contribution in [0.25, 0.3) is 0 Å². The van der Waals surface area contributed by atoms with Crippen molar-refractivity contribution in [2.45, 2.75) is 51.3 Å². The van der Waals surface area contributed by atoms with Gasteiger partial charge < -0.3 is 9.30 Å². The highest BCUT2D eigenvalue weighted by atomic mass is 79.9. The van der Waals surface area contributed by atoms with E-state index in [-0.39, 0.29) is 6.10 Å². The van der Waals surface area contributed by atoms with Gasteiger partial charge in [0.2, 0.25) is 0 Å². The van der Waals surface area contributed by atoms with Crippen molar-refractivity contribution >= 4 is 39.3 Å². The van der Waals surface area contributed by atoms with E-state index in [1.165, 1.54) is 5.56 Å². The molecule has 0 fully saturated rings. The molecule has 3 rings (SSSR count). The van der Waals surface area contributed by atoms with Crippen LogP contribution < -0.4 is 4.74 Å². The lowest BCUT2D eigenvalue weighted by molar-refractivity contribution is 0.209. The van der Waals surface area contributed by atoms with E-state index in [2.05, 4.69) is 61.9 Å². The Labute approximate surface area is 183 Å². The minimum Gasteiger partial charge on any atom is -0.483 e. The van der Waals surface area contributed by atoms with Crippen molar-refractivity contribution < 1.29 is 4.74 Å². The molecular formula is C21H23BrClN3OS. The fraction of sp³-hybridized carbons (Fsp3) is 0.333. The maximum atomic E-state index is 6.26. The van der Waals surface area contributed by atoms with Crippen LogP contribution in [0.3, 0.4) is 0 Å². The number of thioether (sulfide) groups is 1. The van der Waals surface area contributed by atoms with Crippen molar-refractivity contribution in [3.05, 3.63) is 68.4 Å². The van der Waals surface area contributed by atoms with E-state index in [0.29, 0.717) is 0 Å². The average molecular weight is 481 g/mol. The first kappa shape index (κ1) is 21.2. The number of aryl methyl sites for hydroxylation is 2. The second kappa shape index (κ2) is 9.33. The van der Waals surface area contributed by atoms with Crippen molar-refractivity contribution in [1.82, 2.24) is 14.8 Å². The van der Waals surface area contributed by atoms with Crippen molar-refractivity contribution in [3.63, 3.8) is 0 Å². The molecule has 1 heterocycles. The Morgan fingerprint density at radius 1 is 1.14 bits per heavy atom. The molecule has 28 heavy (non-hydrogen) atoms. The molecule has 0 aliphatic carbocycles. The third-order valence-electron chi connectivity index (χ3n) is 4.43. The Morgan fingerprint density at radius 3 is 2.39 bits per heavy atom. The molecule has 2 aromatic carbocycles. The Bertz CT molecular complexity index is 936. The van der Waals surface area contributed by atoms with E-state index in [4.69, 9.17) is 16.3 Å². The van der Waals surface area contributed by atoms with E-state index >= 15 is 0 Å². The summed E-state index contributed by atoms with van der Waals surface area (Å²) in [5.74, 6) is 2.46. The fourth-order valence-corrected chi connectivity index (χ4v) is 4.30.